The number of rotatable bonds is 2. The van der Waals surface area contributed by atoms with Crippen LogP contribution in [0.5, 0.6) is 5.75 Å². The molecule has 0 radical (unpaired) electrons. The Kier molecular flexibility index (Phi) is 3.08. The standard InChI is InChI=1S/C9H12F3NOSi/c1-15(2,3)8-5-4-7(6-13-8)14-9(10,11)12/h4-6H,1-3H3. The highest BCUT2D eigenvalue weighted by atomic mass is 28.3. The van der Waals surface area contributed by atoms with E-state index in [1.165, 1.54) is 6.07 Å². The molecule has 15 heavy (non-hydrogen) atoms. The van der Waals surface area contributed by atoms with Crippen LogP contribution in [0.2, 0.25) is 19.6 Å². The molecule has 0 bridgehead atoms. The van der Waals surface area contributed by atoms with Crippen molar-refractivity contribution < 1.29 is 17.9 Å². The normalized spacial score (nSPS) is 12.7. The van der Waals surface area contributed by atoms with Crippen molar-refractivity contribution in [3.05, 3.63) is 18.3 Å². The minimum absolute atomic E-state index is 0.274. The minimum Gasteiger partial charge on any atom is -0.404 e. The Hall–Kier alpha value is -1.04. The van der Waals surface area contributed by atoms with Crippen molar-refractivity contribution in [2.24, 2.45) is 0 Å². The van der Waals surface area contributed by atoms with Crippen LogP contribution in [0.15, 0.2) is 18.3 Å². The summed E-state index contributed by atoms with van der Waals surface area (Å²) < 4.78 is 39.2. The van der Waals surface area contributed by atoms with E-state index in [9.17, 15) is 13.2 Å². The molecule has 1 heterocycles. The number of pyridine rings is 1. The summed E-state index contributed by atoms with van der Waals surface area (Å²) in [4.78, 5) is 3.97. The number of alkyl halides is 3. The van der Waals surface area contributed by atoms with Crippen molar-refractivity contribution in [3.63, 3.8) is 0 Å². The smallest absolute Gasteiger partial charge is 0.404 e. The number of ether oxygens (including phenoxy) is 1. The molecule has 2 nitrogen and oxygen atoms in total. The molecule has 0 fully saturated rings. The van der Waals surface area contributed by atoms with Gasteiger partial charge >= 0.3 is 6.36 Å². The third-order valence-electron chi connectivity index (χ3n) is 1.74. The molecule has 1 rings (SSSR count). The number of aromatic nitrogens is 1. The number of halogens is 3. The van der Waals surface area contributed by atoms with Gasteiger partial charge in [-0.15, -0.1) is 13.2 Å². The fourth-order valence-corrected chi connectivity index (χ4v) is 2.05. The Bertz CT molecular complexity index is 329. The van der Waals surface area contributed by atoms with Crippen molar-refractivity contribution in [1.29, 1.82) is 0 Å². The van der Waals surface area contributed by atoms with Crippen LogP contribution in [0.25, 0.3) is 0 Å². The van der Waals surface area contributed by atoms with Crippen LogP contribution < -0.4 is 10.1 Å². The molecule has 0 amide bonds. The molecule has 84 valence electrons. The predicted octanol–water partition coefficient (Wildman–Crippen LogP) is 2.53. The van der Waals surface area contributed by atoms with Crippen molar-refractivity contribution in [1.82, 2.24) is 4.98 Å². The van der Waals surface area contributed by atoms with E-state index >= 15 is 0 Å². The second-order valence-corrected chi connectivity index (χ2v) is 9.19. The molecule has 0 aliphatic heterocycles. The van der Waals surface area contributed by atoms with Gasteiger partial charge in [0.05, 0.1) is 6.20 Å². The van der Waals surface area contributed by atoms with Crippen LogP contribution in [0.3, 0.4) is 0 Å². The zero-order valence-corrected chi connectivity index (χ0v) is 9.72. The molecular weight excluding hydrogens is 223 g/mol. The van der Waals surface area contributed by atoms with Crippen LogP contribution in [-0.2, 0) is 0 Å². The van der Waals surface area contributed by atoms with Gasteiger partial charge in [-0.3, -0.25) is 4.98 Å². The Balaban J connectivity index is 2.82. The monoisotopic (exact) mass is 235 g/mol. The lowest BCUT2D eigenvalue weighted by molar-refractivity contribution is -0.274. The Morgan fingerprint density at radius 1 is 1.20 bits per heavy atom. The van der Waals surface area contributed by atoms with Gasteiger partial charge < -0.3 is 4.74 Å². The molecule has 0 atom stereocenters. The summed E-state index contributed by atoms with van der Waals surface area (Å²) in [6.07, 6.45) is -3.54. The first-order valence-corrected chi connectivity index (χ1v) is 7.91. The van der Waals surface area contributed by atoms with Gasteiger partial charge in [-0.25, -0.2) is 0 Å². The molecule has 0 N–H and O–H groups in total. The van der Waals surface area contributed by atoms with E-state index in [1.807, 2.05) is 0 Å². The molecule has 0 spiro atoms. The molecule has 0 saturated heterocycles. The van der Waals surface area contributed by atoms with Crippen molar-refractivity contribution in [2.75, 3.05) is 0 Å². The van der Waals surface area contributed by atoms with E-state index < -0.39 is 14.4 Å². The first kappa shape index (κ1) is 12.0. The summed E-state index contributed by atoms with van der Waals surface area (Å²) in [6, 6.07) is 2.89. The molecular formula is C9H12F3NOSi. The van der Waals surface area contributed by atoms with Crippen LogP contribution in [-0.4, -0.2) is 19.4 Å². The van der Waals surface area contributed by atoms with Crippen molar-refractivity contribution in [3.8, 4) is 5.75 Å². The van der Waals surface area contributed by atoms with Crippen LogP contribution >= 0.6 is 0 Å². The van der Waals surface area contributed by atoms with Gasteiger partial charge in [-0.1, -0.05) is 19.6 Å². The lowest BCUT2D eigenvalue weighted by Crippen LogP contribution is -2.39. The van der Waals surface area contributed by atoms with Gasteiger partial charge in [0.2, 0.25) is 0 Å². The second kappa shape index (κ2) is 3.84. The highest BCUT2D eigenvalue weighted by Crippen LogP contribution is 2.21. The number of hydrogen-bond donors (Lipinski definition) is 0. The second-order valence-electron chi connectivity index (χ2n) is 4.18. The first-order chi connectivity index (χ1) is 6.68. The zero-order valence-electron chi connectivity index (χ0n) is 8.72. The number of hydrogen-bond acceptors (Lipinski definition) is 2. The van der Waals surface area contributed by atoms with Gasteiger partial charge in [0.15, 0.2) is 0 Å². The fourth-order valence-electron chi connectivity index (χ4n) is 1.02. The highest BCUT2D eigenvalue weighted by molar-refractivity contribution is 6.88. The highest BCUT2D eigenvalue weighted by Gasteiger charge is 2.31. The van der Waals surface area contributed by atoms with Crippen molar-refractivity contribution in [2.45, 2.75) is 26.0 Å². The van der Waals surface area contributed by atoms with E-state index in [2.05, 4.69) is 29.4 Å². The maximum Gasteiger partial charge on any atom is 0.573 e. The molecule has 0 aliphatic carbocycles. The maximum atomic E-state index is 11.8. The SMILES string of the molecule is C[Si](C)(C)c1ccc(OC(F)(F)F)cn1. The Morgan fingerprint density at radius 3 is 2.13 bits per heavy atom. The van der Waals surface area contributed by atoms with E-state index in [0.29, 0.717) is 0 Å². The molecule has 0 saturated carbocycles. The topological polar surface area (TPSA) is 22.1 Å². The quantitative estimate of drug-likeness (QED) is 0.735. The lowest BCUT2D eigenvalue weighted by Gasteiger charge is -2.15. The summed E-state index contributed by atoms with van der Waals surface area (Å²) in [5.41, 5.74) is 0. The van der Waals surface area contributed by atoms with Crippen molar-refractivity contribution >= 4 is 13.4 Å². The van der Waals surface area contributed by atoms with Gasteiger partial charge in [-0.05, 0) is 12.1 Å². The van der Waals surface area contributed by atoms with Crippen LogP contribution in [0, 0.1) is 0 Å². The molecule has 1 aromatic heterocycles. The summed E-state index contributed by atoms with van der Waals surface area (Å²) in [5.74, 6) is -0.274. The zero-order chi connectivity index (χ0) is 11.7. The predicted molar refractivity (Wildman–Crippen MR) is 53.9 cm³/mol. The largest absolute Gasteiger partial charge is 0.573 e. The maximum absolute atomic E-state index is 11.8. The molecule has 0 aromatic carbocycles. The average molecular weight is 235 g/mol. The third kappa shape index (κ3) is 3.91. The molecule has 6 heteroatoms. The number of nitrogens with zero attached hydrogens (tertiary/aromatic N) is 1. The van der Waals surface area contributed by atoms with Gasteiger partial charge in [0.1, 0.15) is 13.8 Å². The van der Waals surface area contributed by atoms with E-state index in [0.717, 1.165) is 11.5 Å². The Morgan fingerprint density at radius 2 is 1.80 bits per heavy atom. The van der Waals surface area contributed by atoms with Gasteiger partial charge in [0, 0.05) is 5.32 Å². The summed E-state index contributed by atoms with van der Waals surface area (Å²) >= 11 is 0. The minimum atomic E-state index is -4.65. The molecule has 0 unspecified atom stereocenters. The molecule has 0 aliphatic rings. The Labute approximate surface area is 87.1 Å². The fraction of sp³-hybridized carbons (Fsp3) is 0.444. The van der Waals surface area contributed by atoms with Gasteiger partial charge in [-0.2, -0.15) is 0 Å². The first-order valence-electron chi connectivity index (χ1n) is 4.41. The van der Waals surface area contributed by atoms with Crippen LogP contribution in [0.1, 0.15) is 0 Å². The lowest BCUT2D eigenvalue weighted by atomic mass is 10.5. The summed E-state index contributed by atoms with van der Waals surface area (Å²) in [5, 5.41) is 0.858. The third-order valence-corrected chi connectivity index (χ3v) is 3.57. The van der Waals surface area contributed by atoms with E-state index in [4.69, 9.17) is 0 Å². The van der Waals surface area contributed by atoms with E-state index in [1.54, 1.807) is 6.07 Å². The molecule has 1 aromatic rings. The van der Waals surface area contributed by atoms with E-state index in [-0.39, 0.29) is 5.75 Å². The van der Waals surface area contributed by atoms with Crippen LogP contribution in [0.4, 0.5) is 13.2 Å². The average Bonchev–Trinajstić information content (AvgIpc) is 2.00. The summed E-state index contributed by atoms with van der Waals surface area (Å²) in [7, 11) is -1.56. The van der Waals surface area contributed by atoms with Gasteiger partial charge in [0.25, 0.3) is 0 Å². The summed E-state index contributed by atoms with van der Waals surface area (Å²) in [6.45, 7) is 6.21.